The average Bonchev–Trinajstić information content (AvgIpc) is 3.10. The number of nitrogens with one attached hydrogen (secondary N) is 1. The van der Waals surface area contributed by atoms with Crippen molar-refractivity contribution >= 4 is 16.9 Å². The minimum absolute atomic E-state index is 0.117. The monoisotopic (exact) mass is 420 g/mol. The van der Waals surface area contributed by atoms with Crippen molar-refractivity contribution in [3.05, 3.63) is 29.8 Å². The van der Waals surface area contributed by atoms with Crippen LogP contribution in [0.25, 0.3) is 22.3 Å². The van der Waals surface area contributed by atoms with Gasteiger partial charge in [-0.3, -0.25) is 0 Å². The number of benzene rings is 1. The van der Waals surface area contributed by atoms with Gasteiger partial charge in [0.25, 0.3) is 0 Å². The molecule has 3 heterocycles. The molecule has 0 spiro atoms. The first kappa shape index (κ1) is 20.4. The molecule has 0 saturated carbocycles. The van der Waals surface area contributed by atoms with Crippen LogP contribution in [0, 0.1) is 5.92 Å². The van der Waals surface area contributed by atoms with Crippen LogP contribution in [0.5, 0.6) is 5.75 Å². The van der Waals surface area contributed by atoms with Crippen molar-refractivity contribution in [3.63, 3.8) is 0 Å². The predicted molar refractivity (Wildman–Crippen MR) is 107 cm³/mol. The number of nitrogens with zero attached hydrogens (tertiary/aromatic N) is 4. The van der Waals surface area contributed by atoms with Crippen molar-refractivity contribution in [2.24, 2.45) is 13.0 Å². The van der Waals surface area contributed by atoms with Gasteiger partial charge in [0, 0.05) is 12.6 Å². The van der Waals surface area contributed by atoms with E-state index in [-0.39, 0.29) is 18.2 Å². The topological polar surface area (TPSA) is 90.9 Å². The SMILES string of the molecule is Cn1nnc2c(N)nc(-c3ccc(OCCC4CCNCC4)c(C(F)(F)F)c3)cc21. The maximum atomic E-state index is 13.7. The quantitative estimate of drug-likeness (QED) is 0.658. The Balaban J connectivity index is 1.60. The third-order valence-electron chi connectivity index (χ3n) is 5.45. The maximum absolute atomic E-state index is 13.7. The molecule has 160 valence electrons. The van der Waals surface area contributed by atoms with Crippen LogP contribution in [-0.2, 0) is 13.2 Å². The molecule has 1 aliphatic rings. The van der Waals surface area contributed by atoms with E-state index in [1.165, 1.54) is 10.7 Å². The largest absolute Gasteiger partial charge is 0.493 e. The van der Waals surface area contributed by atoms with Gasteiger partial charge in [-0.1, -0.05) is 5.21 Å². The fourth-order valence-electron chi connectivity index (χ4n) is 3.74. The highest BCUT2D eigenvalue weighted by molar-refractivity contribution is 5.87. The molecular weight excluding hydrogens is 397 g/mol. The van der Waals surface area contributed by atoms with Crippen LogP contribution in [-0.4, -0.2) is 39.7 Å². The van der Waals surface area contributed by atoms with Gasteiger partial charge in [-0.15, -0.1) is 5.10 Å². The maximum Gasteiger partial charge on any atom is 0.419 e. The molecule has 0 bridgehead atoms. The standard InChI is InChI=1S/C20H23F3N6O/c1-29-16-11-15(26-19(24)18(16)27-28-29)13-2-3-17(14(10-13)20(21,22)23)30-9-6-12-4-7-25-8-5-12/h2-3,10-12,25H,4-9H2,1H3,(H2,24,26). The zero-order valence-corrected chi connectivity index (χ0v) is 16.5. The third kappa shape index (κ3) is 4.18. The van der Waals surface area contributed by atoms with Gasteiger partial charge in [-0.2, -0.15) is 13.2 Å². The van der Waals surface area contributed by atoms with Crippen molar-refractivity contribution in [2.75, 3.05) is 25.4 Å². The smallest absolute Gasteiger partial charge is 0.419 e. The predicted octanol–water partition coefficient (Wildman–Crippen LogP) is 3.40. The average molecular weight is 420 g/mol. The van der Waals surface area contributed by atoms with Gasteiger partial charge < -0.3 is 15.8 Å². The van der Waals surface area contributed by atoms with Crippen LogP contribution in [0.2, 0.25) is 0 Å². The summed E-state index contributed by atoms with van der Waals surface area (Å²) in [6.45, 7) is 2.14. The second-order valence-corrected chi connectivity index (χ2v) is 7.51. The fraction of sp³-hybridized carbons (Fsp3) is 0.450. The highest BCUT2D eigenvalue weighted by atomic mass is 19.4. The minimum atomic E-state index is -4.55. The molecule has 0 radical (unpaired) electrons. The molecule has 0 aliphatic carbocycles. The highest BCUT2D eigenvalue weighted by Crippen LogP contribution is 2.39. The summed E-state index contributed by atoms with van der Waals surface area (Å²) in [6.07, 6.45) is -1.77. The number of pyridine rings is 1. The molecule has 30 heavy (non-hydrogen) atoms. The number of alkyl halides is 3. The van der Waals surface area contributed by atoms with Crippen molar-refractivity contribution in [1.82, 2.24) is 25.3 Å². The van der Waals surface area contributed by atoms with Crippen LogP contribution < -0.4 is 15.8 Å². The first-order valence-corrected chi connectivity index (χ1v) is 9.84. The lowest BCUT2D eigenvalue weighted by atomic mass is 9.95. The van der Waals surface area contributed by atoms with Gasteiger partial charge in [-0.25, -0.2) is 9.67 Å². The molecule has 1 aromatic carbocycles. The van der Waals surface area contributed by atoms with E-state index >= 15 is 0 Å². The number of aromatic nitrogens is 4. The number of nitrogen functional groups attached to an aromatic ring is 1. The number of piperidine rings is 1. The van der Waals surface area contributed by atoms with Crippen molar-refractivity contribution in [1.29, 1.82) is 0 Å². The van der Waals surface area contributed by atoms with Crippen molar-refractivity contribution < 1.29 is 17.9 Å². The molecule has 7 nitrogen and oxygen atoms in total. The van der Waals surface area contributed by atoms with Crippen LogP contribution in [0.3, 0.4) is 0 Å². The molecule has 10 heteroatoms. The summed E-state index contributed by atoms with van der Waals surface area (Å²) in [5.41, 5.74) is 6.71. The highest BCUT2D eigenvalue weighted by Gasteiger charge is 2.35. The Kier molecular flexibility index (Phi) is 5.50. The van der Waals surface area contributed by atoms with E-state index in [4.69, 9.17) is 10.5 Å². The Bertz CT molecular complexity index is 1040. The Morgan fingerprint density at radius 3 is 2.73 bits per heavy atom. The van der Waals surface area contributed by atoms with E-state index in [0.717, 1.165) is 38.4 Å². The third-order valence-corrected chi connectivity index (χ3v) is 5.45. The van der Waals surface area contributed by atoms with Gasteiger partial charge in [0.1, 0.15) is 5.75 Å². The number of aryl methyl sites for hydroxylation is 1. The van der Waals surface area contributed by atoms with E-state index in [1.807, 2.05) is 0 Å². The van der Waals surface area contributed by atoms with E-state index < -0.39 is 11.7 Å². The Morgan fingerprint density at radius 2 is 2.00 bits per heavy atom. The molecule has 4 rings (SSSR count). The zero-order valence-electron chi connectivity index (χ0n) is 16.5. The molecule has 1 saturated heterocycles. The lowest BCUT2D eigenvalue weighted by Gasteiger charge is -2.23. The number of fused-ring (bicyclic) bond motifs is 1. The Hall–Kier alpha value is -2.88. The number of anilines is 1. The summed E-state index contributed by atoms with van der Waals surface area (Å²) in [5.74, 6) is 0.425. The van der Waals surface area contributed by atoms with Gasteiger partial charge in [0.15, 0.2) is 11.3 Å². The summed E-state index contributed by atoms with van der Waals surface area (Å²) < 4.78 is 48.2. The van der Waals surface area contributed by atoms with E-state index in [1.54, 1.807) is 19.2 Å². The van der Waals surface area contributed by atoms with Gasteiger partial charge in [-0.05, 0) is 62.5 Å². The lowest BCUT2D eigenvalue weighted by Crippen LogP contribution is -2.28. The van der Waals surface area contributed by atoms with Crippen LogP contribution in [0.1, 0.15) is 24.8 Å². The van der Waals surface area contributed by atoms with Crippen LogP contribution in [0.15, 0.2) is 24.3 Å². The molecule has 1 aliphatic heterocycles. The van der Waals surface area contributed by atoms with Crippen LogP contribution in [0.4, 0.5) is 19.0 Å². The Labute approximate surface area is 171 Å². The molecule has 3 N–H and O–H groups in total. The van der Waals surface area contributed by atoms with E-state index in [2.05, 4.69) is 20.6 Å². The summed E-state index contributed by atoms with van der Waals surface area (Å²) in [4.78, 5) is 4.21. The molecule has 0 unspecified atom stereocenters. The number of nitrogens with two attached hydrogens (primary N) is 1. The number of hydrogen-bond acceptors (Lipinski definition) is 6. The fourth-order valence-corrected chi connectivity index (χ4v) is 3.74. The summed E-state index contributed by atoms with van der Waals surface area (Å²) in [5, 5.41) is 11.1. The zero-order chi connectivity index (χ0) is 21.3. The van der Waals surface area contributed by atoms with E-state index in [9.17, 15) is 13.2 Å². The van der Waals surface area contributed by atoms with Crippen LogP contribution >= 0.6 is 0 Å². The molecule has 0 atom stereocenters. The summed E-state index contributed by atoms with van der Waals surface area (Å²) in [6, 6.07) is 5.59. The van der Waals surface area contributed by atoms with Gasteiger partial charge in [0.05, 0.1) is 23.4 Å². The molecule has 1 fully saturated rings. The number of hydrogen-bond donors (Lipinski definition) is 2. The Morgan fingerprint density at radius 1 is 1.23 bits per heavy atom. The minimum Gasteiger partial charge on any atom is -0.493 e. The first-order chi connectivity index (χ1) is 14.3. The van der Waals surface area contributed by atoms with Crippen molar-refractivity contribution in [3.8, 4) is 17.0 Å². The molecular formula is C20H23F3N6O. The second kappa shape index (κ2) is 8.10. The number of rotatable bonds is 5. The van der Waals surface area contributed by atoms with E-state index in [0.29, 0.717) is 28.2 Å². The van der Waals surface area contributed by atoms with Crippen molar-refractivity contribution in [2.45, 2.75) is 25.4 Å². The number of halogens is 3. The number of ether oxygens (including phenoxy) is 1. The normalized spacial score (nSPS) is 15.6. The van der Waals surface area contributed by atoms with Gasteiger partial charge in [0.2, 0.25) is 0 Å². The first-order valence-electron chi connectivity index (χ1n) is 9.84. The summed E-state index contributed by atoms with van der Waals surface area (Å²) in [7, 11) is 1.68. The van der Waals surface area contributed by atoms with Gasteiger partial charge >= 0.3 is 6.18 Å². The molecule has 3 aromatic rings. The summed E-state index contributed by atoms with van der Waals surface area (Å²) >= 11 is 0. The lowest BCUT2D eigenvalue weighted by molar-refractivity contribution is -0.138. The molecule has 2 aromatic heterocycles. The molecule has 0 amide bonds. The second-order valence-electron chi connectivity index (χ2n) is 7.51.